The second-order valence-electron chi connectivity index (χ2n) is 4.50. The lowest BCUT2D eigenvalue weighted by atomic mass is 10.0. The molecule has 106 valence electrons. The van der Waals surface area contributed by atoms with Crippen LogP contribution < -0.4 is 5.32 Å². The lowest BCUT2D eigenvalue weighted by Crippen LogP contribution is -2.45. The number of piperidine rings is 1. The summed E-state index contributed by atoms with van der Waals surface area (Å²) in [5, 5.41) is 11.7. The Morgan fingerprint density at radius 2 is 1.89 bits per heavy atom. The normalized spacial score (nSPS) is 16.2. The van der Waals surface area contributed by atoms with E-state index in [9.17, 15) is 9.59 Å². The largest absolute Gasteiger partial charge is 0.481 e. The van der Waals surface area contributed by atoms with Crippen molar-refractivity contribution in [3.63, 3.8) is 0 Å². The van der Waals surface area contributed by atoms with E-state index < -0.39 is 5.97 Å². The first-order valence-corrected chi connectivity index (χ1v) is 6.36. The number of hydrogen-bond acceptors (Lipinski definition) is 3. The molecule has 1 aliphatic rings. The van der Waals surface area contributed by atoms with Gasteiger partial charge in [0.15, 0.2) is 0 Å². The minimum Gasteiger partial charge on any atom is -0.481 e. The molecule has 0 atom stereocenters. The van der Waals surface area contributed by atoms with Crippen LogP contribution in [-0.4, -0.2) is 47.6 Å². The number of carboxylic acids is 1. The van der Waals surface area contributed by atoms with Crippen molar-refractivity contribution in [2.75, 3.05) is 19.6 Å². The zero-order valence-electron chi connectivity index (χ0n) is 10.9. The number of carbonyl (C=O) groups excluding carboxylic acids is 1. The van der Waals surface area contributed by atoms with Crippen molar-refractivity contribution in [1.82, 2.24) is 10.2 Å². The summed E-state index contributed by atoms with van der Waals surface area (Å²) >= 11 is 0. The van der Waals surface area contributed by atoms with Crippen LogP contribution in [0, 0.1) is 0 Å². The van der Waals surface area contributed by atoms with Gasteiger partial charge in [-0.15, -0.1) is 12.4 Å². The first-order valence-electron chi connectivity index (χ1n) is 6.36. The third-order valence-electron chi connectivity index (χ3n) is 3.08. The molecule has 1 fully saturated rings. The zero-order valence-corrected chi connectivity index (χ0v) is 11.7. The molecule has 1 rings (SSSR count). The standard InChI is InChI=1S/C12H22N2O3.ClH/c1-2-3-11(15)14-8-5-10(6-9-14)13-7-4-12(16)17;/h10,13H,2-9H2,1H3,(H,16,17);1H. The number of hydrogen-bond donors (Lipinski definition) is 2. The Labute approximate surface area is 114 Å². The highest BCUT2D eigenvalue weighted by molar-refractivity contribution is 5.85. The Hall–Kier alpha value is -0.810. The van der Waals surface area contributed by atoms with Crippen LogP contribution in [0.2, 0.25) is 0 Å². The van der Waals surface area contributed by atoms with Crippen LogP contribution in [0.4, 0.5) is 0 Å². The third kappa shape index (κ3) is 6.21. The Bertz CT molecular complexity index is 266. The highest BCUT2D eigenvalue weighted by Gasteiger charge is 2.21. The number of likely N-dealkylation sites (tertiary alicyclic amines) is 1. The molecule has 0 bridgehead atoms. The van der Waals surface area contributed by atoms with Crippen molar-refractivity contribution >= 4 is 24.3 Å². The van der Waals surface area contributed by atoms with Crippen molar-refractivity contribution in [1.29, 1.82) is 0 Å². The van der Waals surface area contributed by atoms with Gasteiger partial charge in [0.1, 0.15) is 0 Å². The molecule has 0 radical (unpaired) electrons. The summed E-state index contributed by atoms with van der Waals surface area (Å²) in [6.07, 6.45) is 3.55. The molecule has 0 aromatic rings. The second kappa shape index (κ2) is 9.16. The molecule has 1 saturated heterocycles. The molecule has 1 heterocycles. The van der Waals surface area contributed by atoms with Crippen LogP contribution in [0.25, 0.3) is 0 Å². The first kappa shape index (κ1) is 17.2. The van der Waals surface area contributed by atoms with Crippen LogP contribution >= 0.6 is 12.4 Å². The van der Waals surface area contributed by atoms with Crippen LogP contribution in [-0.2, 0) is 9.59 Å². The van der Waals surface area contributed by atoms with E-state index in [0.717, 1.165) is 32.4 Å². The Morgan fingerprint density at radius 3 is 2.39 bits per heavy atom. The summed E-state index contributed by atoms with van der Waals surface area (Å²) in [6, 6.07) is 0.361. The summed E-state index contributed by atoms with van der Waals surface area (Å²) in [7, 11) is 0. The molecular weight excluding hydrogens is 256 g/mol. The van der Waals surface area contributed by atoms with Gasteiger partial charge in [0.25, 0.3) is 0 Å². The number of nitrogens with zero attached hydrogens (tertiary/aromatic N) is 1. The predicted octanol–water partition coefficient (Wildman–Crippen LogP) is 1.26. The van der Waals surface area contributed by atoms with E-state index in [1.54, 1.807) is 0 Å². The van der Waals surface area contributed by atoms with E-state index in [4.69, 9.17) is 5.11 Å². The van der Waals surface area contributed by atoms with Crippen molar-refractivity contribution in [3.05, 3.63) is 0 Å². The topological polar surface area (TPSA) is 69.6 Å². The van der Waals surface area contributed by atoms with Crippen molar-refractivity contribution < 1.29 is 14.7 Å². The van der Waals surface area contributed by atoms with Crippen LogP contribution in [0.15, 0.2) is 0 Å². The van der Waals surface area contributed by atoms with E-state index in [0.29, 0.717) is 19.0 Å². The molecule has 2 N–H and O–H groups in total. The minimum absolute atomic E-state index is 0. The average Bonchev–Trinajstić information content (AvgIpc) is 2.30. The fourth-order valence-corrected chi connectivity index (χ4v) is 2.09. The maximum absolute atomic E-state index is 11.6. The fraction of sp³-hybridized carbons (Fsp3) is 0.833. The molecule has 0 aromatic heterocycles. The molecule has 0 unspecified atom stereocenters. The minimum atomic E-state index is -0.770. The van der Waals surface area contributed by atoms with Gasteiger partial charge < -0.3 is 15.3 Å². The van der Waals surface area contributed by atoms with Crippen molar-refractivity contribution in [3.8, 4) is 0 Å². The summed E-state index contributed by atoms with van der Waals surface area (Å²) in [6.45, 7) is 4.12. The van der Waals surface area contributed by atoms with Gasteiger partial charge in [-0.25, -0.2) is 0 Å². The van der Waals surface area contributed by atoms with E-state index in [1.807, 2.05) is 11.8 Å². The van der Waals surface area contributed by atoms with Gasteiger partial charge in [0.05, 0.1) is 6.42 Å². The molecule has 6 heteroatoms. The molecule has 0 aromatic carbocycles. The highest BCUT2D eigenvalue weighted by Crippen LogP contribution is 2.11. The SMILES string of the molecule is CCCC(=O)N1CCC(NCCC(=O)O)CC1.Cl. The number of amides is 1. The van der Waals surface area contributed by atoms with Crippen LogP contribution in [0.5, 0.6) is 0 Å². The number of rotatable bonds is 6. The van der Waals surface area contributed by atoms with Crippen molar-refractivity contribution in [2.24, 2.45) is 0 Å². The molecule has 18 heavy (non-hydrogen) atoms. The number of aliphatic carboxylic acids is 1. The van der Waals surface area contributed by atoms with Gasteiger partial charge in [-0.1, -0.05) is 6.92 Å². The van der Waals surface area contributed by atoms with Gasteiger partial charge in [0, 0.05) is 32.1 Å². The maximum Gasteiger partial charge on any atom is 0.304 e. The molecule has 0 spiro atoms. The Kier molecular flexibility index (Phi) is 8.75. The molecular formula is C12H23ClN2O3. The first-order chi connectivity index (χ1) is 8.13. The Balaban J connectivity index is 0.00000289. The van der Waals surface area contributed by atoms with Gasteiger partial charge in [-0.05, 0) is 19.3 Å². The number of nitrogens with one attached hydrogen (secondary N) is 1. The molecule has 1 aliphatic heterocycles. The summed E-state index contributed by atoms with van der Waals surface area (Å²) < 4.78 is 0. The van der Waals surface area contributed by atoms with Gasteiger partial charge >= 0.3 is 5.97 Å². The van der Waals surface area contributed by atoms with E-state index in [2.05, 4.69) is 5.32 Å². The monoisotopic (exact) mass is 278 g/mol. The molecule has 1 amide bonds. The highest BCUT2D eigenvalue weighted by atomic mass is 35.5. The summed E-state index contributed by atoms with van der Waals surface area (Å²) in [5.74, 6) is -0.524. The average molecular weight is 279 g/mol. The summed E-state index contributed by atoms with van der Waals surface area (Å²) in [4.78, 5) is 23.9. The Morgan fingerprint density at radius 1 is 1.28 bits per heavy atom. The quantitative estimate of drug-likeness (QED) is 0.768. The lowest BCUT2D eigenvalue weighted by molar-refractivity contribution is -0.136. The second-order valence-corrected chi connectivity index (χ2v) is 4.50. The zero-order chi connectivity index (χ0) is 12.7. The lowest BCUT2D eigenvalue weighted by Gasteiger charge is -2.32. The van der Waals surface area contributed by atoms with Crippen LogP contribution in [0.1, 0.15) is 39.0 Å². The van der Waals surface area contributed by atoms with E-state index >= 15 is 0 Å². The number of carboxylic acid groups (broad SMARTS) is 1. The smallest absolute Gasteiger partial charge is 0.304 e. The third-order valence-corrected chi connectivity index (χ3v) is 3.08. The fourth-order valence-electron chi connectivity index (χ4n) is 2.09. The van der Waals surface area contributed by atoms with E-state index in [-0.39, 0.29) is 24.7 Å². The van der Waals surface area contributed by atoms with Gasteiger partial charge in [-0.2, -0.15) is 0 Å². The molecule has 0 aliphatic carbocycles. The maximum atomic E-state index is 11.6. The van der Waals surface area contributed by atoms with Crippen molar-refractivity contribution in [2.45, 2.75) is 45.1 Å². The number of carbonyl (C=O) groups is 2. The van der Waals surface area contributed by atoms with E-state index in [1.165, 1.54) is 0 Å². The van der Waals surface area contributed by atoms with Gasteiger partial charge in [-0.3, -0.25) is 9.59 Å². The van der Waals surface area contributed by atoms with Crippen LogP contribution in [0.3, 0.4) is 0 Å². The molecule has 0 saturated carbocycles. The predicted molar refractivity (Wildman–Crippen MR) is 72.0 cm³/mol. The molecule has 5 nitrogen and oxygen atoms in total. The number of halogens is 1. The summed E-state index contributed by atoms with van der Waals surface area (Å²) in [5.41, 5.74) is 0. The van der Waals surface area contributed by atoms with Gasteiger partial charge in [0.2, 0.25) is 5.91 Å².